The summed E-state index contributed by atoms with van der Waals surface area (Å²) >= 11 is 0. The van der Waals surface area contributed by atoms with E-state index in [2.05, 4.69) is 18.3 Å². The molecule has 2 fully saturated rings. The summed E-state index contributed by atoms with van der Waals surface area (Å²) in [5.41, 5.74) is 6.89. The Kier molecular flexibility index (Phi) is 4.00. The second-order valence-corrected chi connectivity index (χ2v) is 6.15. The lowest BCUT2D eigenvalue weighted by Crippen LogP contribution is -2.58. The summed E-state index contributed by atoms with van der Waals surface area (Å²) < 4.78 is 6.37. The van der Waals surface area contributed by atoms with Crippen LogP contribution in [0, 0.1) is 11.8 Å². The van der Waals surface area contributed by atoms with Crippen molar-refractivity contribution in [3.05, 3.63) is 35.4 Å². The first kappa shape index (κ1) is 14.5. The van der Waals surface area contributed by atoms with Gasteiger partial charge in [0, 0.05) is 37.1 Å². The molecule has 1 aromatic carbocycles. The van der Waals surface area contributed by atoms with Crippen molar-refractivity contribution < 1.29 is 9.53 Å². The predicted molar refractivity (Wildman–Crippen MR) is 82.0 cm³/mol. The van der Waals surface area contributed by atoms with Crippen molar-refractivity contribution in [1.29, 1.82) is 0 Å². The first-order valence-electron chi connectivity index (χ1n) is 7.93. The number of carbonyl (C=O) groups excluding carboxylic acids is 1. The van der Waals surface area contributed by atoms with Crippen molar-refractivity contribution in [1.82, 2.24) is 5.32 Å². The van der Waals surface area contributed by atoms with Crippen LogP contribution in [0.1, 0.15) is 42.1 Å². The molecule has 2 bridgehead atoms. The van der Waals surface area contributed by atoms with E-state index in [0.29, 0.717) is 24.0 Å². The number of fused-ring (bicyclic) bond motifs is 2. The second-order valence-electron chi connectivity index (χ2n) is 6.15. The summed E-state index contributed by atoms with van der Waals surface area (Å²) in [6.07, 6.45) is 3.61. The molecule has 1 aromatic rings. The SMILES string of the molecule is CCOC1(c2cccc(C(N)=O)c2)C2CCCC1CNC2. The van der Waals surface area contributed by atoms with Gasteiger partial charge in [0.25, 0.3) is 0 Å². The van der Waals surface area contributed by atoms with Gasteiger partial charge < -0.3 is 15.8 Å². The van der Waals surface area contributed by atoms with Crippen molar-refractivity contribution in [2.45, 2.75) is 31.8 Å². The van der Waals surface area contributed by atoms with Crippen LogP contribution in [0.4, 0.5) is 0 Å². The Balaban J connectivity index is 2.08. The van der Waals surface area contributed by atoms with Crippen molar-refractivity contribution >= 4 is 5.91 Å². The van der Waals surface area contributed by atoms with Crippen molar-refractivity contribution in [3.8, 4) is 0 Å². The average Bonchev–Trinajstić information content (AvgIpc) is 2.47. The van der Waals surface area contributed by atoms with E-state index in [1.807, 2.05) is 12.1 Å². The number of carbonyl (C=O) groups is 1. The van der Waals surface area contributed by atoms with Gasteiger partial charge in [-0.25, -0.2) is 0 Å². The molecule has 4 nitrogen and oxygen atoms in total. The number of rotatable bonds is 4. The lowest BCUT2D eigenvalue weighted by molar-refractivity contribution is -0.161. The van der Waals surface area contributed by atoms with E-state index in [4.69, 9.17) is 10.5 Å². The number of amides is 1. The molecule has 1 saturated heterocycles. The van der Waals surface area contributed by atoms with Crippen LogP contribution >= 0.6 is 0 Å². The Labute approximate surface area is 126 Å². The maximum atomic E-state index is 11.5. The monoisotopic (exact) mass is 288 g/mol. The third kappa shape index (κ3) is 2.36. The normalized spacial score (nSPS) is 31.9. The Morgan fingerprint density at radius 2 is 2.10 bits per heavy atom. The highest BCUT2D eigenvalue weighted by Gasteiger charge is 2.51. The molecule has 1 aliphatic carbocycles. The third-order valence-corrected chi connectivity index (χ3v) is 5.08. The fourth-order valence-corrected chi connectivity index (χ4v) is 4.26. The number of piperidine rings is 1. The Morgan fingerprint density at radius 3 is 2.71 bits per heavy atom. The van der Waals surface area contributed by atoms with Gasteiger partial charge in [-0.2, -0.15) is 0 Å². The summed E-state index contributed by atoms with van der Waals surface area (Å²) in [5.74, 6) is 0.559. The molecule has 114 valence electrons. The molecule has 0 radical (unpaired) electrons. The number of primary amides is 1. The number of benzene rings is 1. The zero-order valence-electron chi connectivity index (χ0n) is 12.6. The smallest absolute Gasteiger partial charge is 0.248 e. The minimum Gasteiger partial charge on any atom is -0.370 e. The second kappa shape index (κ2) is 5.78. The Bertz CT molecular complexity index is 507. The molecular formula is C17H24N2O2. The number of ether oxygens (including phenoxy) is 1. The fourth-order valence-electron chi connectivity index (χ4n) is 4.26. The topological polar surface area (TPSA) is 64.3 Å². The van der Waals surface area contributed by atoms with Crippen LogP contribution in [-0.2, 0) is 10.3 Å². The molecule has 2 atom stereocenters. The van der Waals surface area contributed by atoms with Gasteiger partial charge in [-0.15, -0.1) is 0 Å². The molecule has 0 spiro atoms. The number of nitrogens with one attached hydrogen (secondary N) is 1. The quantitative estimate of drug-likeness (QED) is 0.891. The molecule has 1 heterocycles. The standard InChI is InChI=1S/C17H24N2O2/c1-2-21-17(13-6-3-5-12(9-13)16(18)20)14-7-4-8-15(17)11-19-10-14/h3,5-6,9,14-15,19H,2,4,7-8,10-11H2,1H3,(H2,18,20). The highest BCUT2D eigenvalue weighted by atomic mass is 16.5. The van der Waals surface area contributed by atoms with E-state index in [9.17, 15) is 4.79 Å². The van der Waals surface area contributed by atoms with Crippen LogP contribution in [0.15, 0.2) is 24.3 Å². The van der Waals surface area contributed by atoms with E-state index in [-0.39, 0.29) is 11.5 Å². The lowest BCUT2D eigenvalue weighted by Gasteiger charge is -2.53. The van der Waals surface area contributed by atoms with Crippen LogP contribution in [0.2, 0.25) is 0 Å². The van der Waals surface area contributed by atoms with Crippen LogP contribution in [0.3, 0.4) is 0 Å². The third-order valence-electron chi connectivity index (χ3n) is 5.08. The molecular weight excluding hydrogens is 264 g/mol. The Hall–Kier alpha value is -1.39. The minimum atomic E-state index is -0.373. The van der Waals surface area contributed by atoms with Crippen LogP contribution < -0.4 is 11.1 Å². The fraction of sp³-hybridized carbons (Fsp3) is 0.588. The maximum absolute atomic E-state index is 11.5. The Morgan fingerprint density at radius 1 is 1.38 bits per heavy atom. The molecule has 3 N–H and O–H groups in total. The summed E-state index contributed by atoms with van der Waals surface area (Å²) in [4.78, 5) is 11.5. The highest BCUT2D eigenvalue weighted by Crippen LogP contribution is 2.50. The van der Waals surface area contributed by atoms with E-state index in [1.165, 1.54) is 19.3 Å². The largest absolute Gasteiger partial charge is 0.370 e. The summed E-state index contributed by atoms with van der Waals surface area (Å²) in [5, 5.41) is 3.54. The molecule has 2 unspecified atom stereocenters. The van der Waals surface area contributed by atoms with Gasteiger partial charge in [0.1, 0.15) is 5.60 Å². The van der Waals surface area contributed by atoms with Gasteiger partial charge in [0.05, 0.1) is 0 Å². The van der Waals surface area contributed by atoms with Crippen LogP contribution in [0.25, 0.3) is 0 Å². The highest BCUT2D eigenvalue weighted by molar-refractivity contribution is 5.92. The summed E-state index contributed by atoms with van der Waals surface area (Å²) in [6.45, 7) is 4.71. The van der Waals surface area contributed by atoms with Crippen molar-refractivity contribution in [2.24, 2.45) is 17.6 Å². The summed E-state index contributed by atoms with van der Waals surface area (Å²) in [6, 6.07) is 7.74. The van der Waals surface area contributed by atoms with Crippen LogP contribution in [0.5, 0.6) is 0 Å². The zero-order chi connectivity index (χ0) is 14.9. The molecule has 2 aliphatic rings. The van der Waals surface area contributed by atoms with Gasteiger partial charge in [-0.3, -0.25) is 4.79 Å². The molecule has 0 aromatic heterocycles. The number of hydrogen-bond donors (Lipinski definition) is 2. The summed E-state index contributed by atoms with van der Waals surface area (Å²) in [7, 11) is 0. The molecule has 1 aliphatic heterocycles. The maximum Gasteiger partial charge on any atom is 0.248 e. The van der Waals surface area contributed by atoms with E-state index < -0.39 is 0 Å². The van der Waals surface area contributed by atoms with Gasteiger partial charge >= 0.3 is 0 Å². The number of hydrogen-bond acceptors (Lipinski definition) is 3. The van der Waals surface area contributed by atoms with E-state index >= 15 is 0 Å². The first-order valence-corrected chi connectivity index (χ1v) is 7.93. The van der Waals surface area contributed by atoms with Gasteiger partial charge in [0.15, 0.2) is 0 Å². The predicted octanol–water partition coefficient (Wildman–Crippen LogP) is 2.04. The minimum absolute atomic E-state index is 0.260. The zero-order valence-corrected chi connectivity index (χ0v) is 12.6. The van der Waals surface area contributed by atoms with Gasteiger partial charge in [-0.1, -0.05) is 18.6 Å². The lowest BCUT2D eigenvalue weighted by atomic mass is 9.62. The van der Waals surface area contributed by atoms with Gasteiger partial charge in [0.2, 0.25) is 5.91 Å². The average molecular weight is 288 g/mol. The van der Waals surface area contributed by atoms with Crippen molar-refractivity contribution in [3.63, 3.8) is 0 Å². The molecule has 4 heteroatoms. The first-order chi connectivity index (χ1) is 10.2. The molecule has 21 heavy (non-hydrogen) atoms. The van der Waals surface area contributed by atoms with Gasteiger partial charge in [-0.05, 0) is 37.5 Å². The van der Waals surface area contributed by atoms with E-state index in [0.717, 1.165) is 18.7 Å². The molecule has 3 rings (SSSR count). The molecule has 1 amide bonds. The van der Waals surface area contributed by atoms with E-state index in [1.54, 1.807) is 6.07 Å². The van der Waals surface area contributed by atoms with Crippen LogP contribution in [-0.4, -0.2) is 25.6 Å². The number of nitrogens with two attached hydrogens (primary N) is 1. The molecule has 1 saturated carbocycles. The van der Waals surface area contributed by atoms with Crippen molar-refractivity contribution in [2.75, 3.05) is 19.7 Å².